The van der Waals surface area contributed by atoms with Crippen molar-refractivity contribution < 1.29 is 13.9 Å². The molecule has 6 heteroatoms. The fourth-order valence-electron chi connectivity index (χ4n) is 2.54. The average molecular weight is 326 g/mol. The number of pyridine rings is 2. The fourth-order valence-corrected chi connectivity index (χ4v) is 2.54. The topological polar surface area (TPSA) is 61.2 Å². The molecule has 0 aliphatic rings. The minimum absolute atomic E-state index is 0.107. The second-order valence-electron chi connectivity index (χ2n) is 5.24. The molecule has 0 radical (unpaired) electrons. The largest absolute Gasteiger partial charge is 0.462 e. The van der Waals surface area contributed by atoms with E-state index in [0.717, 1.165) is 11.6 Å². The maximum absolute atomic E-state index is 13.6. The number of fused-ring (bicyclic) bond motifs is 1. The number of ether oxygens (including phenoxy) is 1. The molecular formula is C18H15FN2O3. The third-order valence-corrected chi connectivity index (χ3v) is 3.64. The Labute approximate surface area is 137 Å². The molecule has 0 unspecified atom stereocenters. The minimum atomic E-state index is -0.711. The van der Waals surface area contributed by atoms with Crippen molar-refractivity contribution in [2.24, 2.45) is 0 Å². The zero-order valence-electron chi connectivity index (χ0n) is 13.0. The van der Waals surface area contributed by atoms with Gasteiger partial charge in [0.05, 0.1) is 12.1 Å². The summed E-state index contributed by atoms with van der Waals surface area (Å²) in [4.78, 5) is 28.5. The van der Waals surface area contributed by atoms with Gasteiger partial charge in [-0.2, -0.15) is 0 Å². The van der Waals surface area contributed by atoms with Crippen LogP contribution in [0.1, 0.15) is 22.8 Å². The van der Waals surface area contributed by atoms with Crippen LogP contribution in [-0.4, -0.2) is 22.1 Å². The third kappa shape index (κ3) is 3.03. The third-order valence-electron chi connectivity index (χ3n) is 3.64. The van der Waals surface area contributed by atoms with Crippen molar-refractivity contribution in [3.63, 3.8) is 0 Å². The van der Waals surface area contributed by atoms with Crippen molar-refractivity contribution >= 4 is 16.9 Å². The molecule has 2 aromatic heterocycles. The molecule has 3 rings (SSSR count). The lowest BCUT2D eigenvalue weighted by atomic mass is 10.1. The van der Waals surface area contributed by atoms with E-state index in [0.29, 0.717) is 12.1 Å². The van der Waals surface area contributed by atoms with Crippen LogP contribution in [0.15, 0.2) is 53.7 Å². The first-order valence-corrected chi connectivity index (χ1v) is 7.49. The number of aromatic nitrogens is 2. The molecule has 0 aliphatic carbocycles. The van der Waals surface area contributed by atoms with Crippen LogP contribution in [-0.2, 0) is 11.3 Å². The molecule has 122 valence electrons. The van der Waals surface area contributed by atoms with Gasteiger partial charge in [-0.15, -0.1) is 0 Å². The highest BCUT2D eigenvalue weighted by molar-refractivity contribution is 5.93. The van der Waals surface area contributed by atoms with E-state index in [1.54, 1.807) is 23.9 Å². The van der Waals surface area contributed by atoms with E-state index in [1.807, 2.05) is 12.1 Å². The molecule has 0 amide bonds. The highest BCUT2D eigenvalue weighted by Crippen LogP contribution is 2.16. The minimum Gasteiger partial charge on any atom is -0.462 e. The first-order chi connectivity index (χ1) is 11.6. The second-order valence-corrected chi connectivity index (χ2v) is 5.24. The van der Waals surface area contributed by atoms with Crippen LogP contribution < -0.4 is 5.43 Å². The smallest absolute Gasteiger partial charge is 0.343 e. The summed E-state index contributed by atoms with van der Waals surface area (Å²) in [5, 5.41) is 0.148. The van der Waals surface area contributed by atoms with Crippen molar-refractivity contribution in [1.82, 2.24) is 9.55 Å². The molecule has 1 aromatic carbocycles. The van der Waals surface area contributed by atoms with Gasteiger partial charge in [-0.3, -0.25) is 9.78 Å². The van der Waals surface area contributed by atoms with Crippen LogP contribution in [0.5, 0.6) is 0 Å². The first-order valence-electron chi connectivity index (χ1n) is 7.49. The lowest BCUT2D eigenvalue weighted by molar-refractivity contribution is 0.0524. The fraction of sp³-hybridized carbons (Fsp3) is 0.167. The monoisotopic (exact) mass is 326 g/mol. The van der Waals surface area contributed by atoms with E-state index >= 15 is 0 Å². The number of esters is 1. The summed E-state index contributed by atoms with van der Waals surface area (Å²) in [6.45, 7) is 2.23. The zero-order chi connectivity index (χ0) is 17.1. The van der Waals surface area contributed by atoms with Crippen molar-refractivity contribution in [3.8, 4) is 0 Å². The lowest BCUT2D eigenvalue weighted by Gasteiger charge is -2.13. The quantitative estimate of drug-likeness (QED) is 0.692. The molecule has 0 aliphatic heterocycles. The standard InChI is InChI=1S/C18H15FN2O3/c1-2-24-18(23)15-11-21(10-12-5-7-20-8-6-12)16-4-3-13(19)9-14(16)17(15)22/h3-9,11H,2,10H2,1H3. The number of carbonyl (C=O) groups is 1. The van der Waals surface area contributed by atoms with Gasteiger partial charge in [0.1, 0.15) is 11.4 Å². The van der Waals surface area contributed by atoms with Gasteiger partial charge in [0.15, 0.2) is 0 Å². The number of nitrogens with zero attached hydrogens (tertiary/aromatic N) is 2. The summed E-state index contributed by atoms with van der Waals surface area (Å²) >= 11 is 0. The van der Waals surface area contributed by atoms with Crippen LogP contribution in [0.2, 0.25) is 0 Å². The normalized spacial score (nSPS) is 10.8. The molecular weight excluding hydrogens is 311 g/mol. The Hall–Kier alpha value is -3.02. The summed E-state index contributed by atoms with van der Waals surface area (Å²) in [5.41, 5.74) is 0.846. The summed E-state index contributed by atoms with van der Waals surface area (Å²) in [6.07, 6.45) is 4.78. The number of hydrogen-bond acceptors (Lipinski definition) is 4. The van der Waals surface area contributed by atoms with Crippen molar-refractivity contribution in [2.45, 2.75) is 13.5 Å². The van der Waals surface area contributed by atoms with Crippen molar-refractivity contribution in [1.29, 1.82) is 0 Å². The maximum atomic E-state index is 13.6. The van der Waals surface area contributed by atoms with E-state index < -0.39 is 17.2 Å². The molecule has 0 saturated heterocycles. The van der Waals surface area contributed by atoms with Gasteiger partial charge in [0.25, 0.3) is 0 Å². The Kier molecular flexibility index (Phi) is 4.37. The summed E-state index contributed by atoms with van der Waals surface area (Å²) in [5.74, 6) is -1.24. The molecule has 2 heterocycles. The summed E-state index contributed by atoms with van der Waals surface area (Å²) in [6, 6.07) is 7.62. The molecule has 24 heavy (non-hydrogen) atoms. The van der Waals surface area contributed by atoms with Gasteiger partial charge < -0.3 is 9.30 Å². The second kappa shape index (κ2) is 6.62. The molecule has 5 nitrogen and oxygen atoms in total. The zero-order valence-corrected chi connectivity index (χ0v) is 13.0. The molecule has 3 aromatic rings. The molecule has 0 fully saturated rings. The predicted molar refractivity (Wildman–Crippen MR) is 87.5 cm³/mol. The van der Waals surface area contributed by atoms with Gasteiger partial charge in [0, 0.05) is 30.5 Å². The van der Waals surface area contributed by atoms with Crippen LogP contribution in [0.3, 0.4) is 0 Å². The number of benzene rings is 1. The van der Waals surface area contributed by atoms with Crippen LogP contribution >= 0.6 is 0 Å². The van der Waals surface area contributed by atoms with Gasteiger partial charge in [-0.25, -0.2) is 9.18 Å². The first kappa shape index (κ1) is 15.9. The molecule has 0 saturated carbocycles. The Morgan fingerprint density at radius 1 is 1.25 bits per heavy atom. The highest BCUT2D eigenvalue weighted by Gasteiger charge is 2.17. The van der Waals surface area contributed by atoms with E-state index in [-0.39, 0.29) is 17.6 Å². The number of halogens is 1. The molecule has 0 N–H and O–H groups in total. The lowest BCUT2D eigenvalue weighted by Crippen LogP contribution is -2.21. The van der Waals surface area contributed by atoms with Gasteiger partial charge >= 0.3 is 5.97 Å². The average Bonchev–Trinajstić information content (AvgIpc) is 2.58. The summed E-state index contributed by atoms with van der Waals surface area (Å²) < 4.78 is 20.3. The Balaban J connectivity index is 2.21. The van der Waals surface area contributed by atoms with Crippen LogP contribution in [0.4, 0.5) is 4.39 Å². The molecule has 0 bridgehead atoms. The van der Waals surface area contributed by atoms with E-state index in [1.165, 1.54) is 18.3 Å². The van der Waals surface area contributed by atoms with Crippen molar-refractivity contribution in [3.05, 3.63) is 76.1 Å². The van der Waals surface area contributed by atoms with E-state index in [2.05, 4.69) is 4.98 Å². The molecule has 0 atom stereocenters. The highest BCUT2D eigenvalue weighted by atomic mass is 19.1. The van der Waals surface area contributed by atoms with Gasteiger partial charge in [-0.05, 0) is 42.8 Å². The van der Waals surface area contributed by atoms with Crippen LogP contribution in [0, 0.1) is 5.82 Å². The van der Waals surface area contributed by atoms with E-state index in [4.69, 9.17) is 4.74 Å². The van der Waals surface area contributed by atoms with Gasteiger partial charge in [0.2, 0.25) is 5.43 Å². The Bertz CT molecular complexity index is 952. The van der Waals surface area contributed by atoms with Crippen molar-refractivity contribution in [2.75, 3.05) is 6.61 Å². The SMILES string of the molecule is CCOC(=O)c1cn(Cc2ccncc2)c2ccc(F)cc2c1=O. The Morgan fingerprint density at radius 3 is 2.71 bits per heavy atom. The maximum Gasteiger partial charge on any atom is 0.343 e. The number of rotatable bonds is 4. The molecule has 0 spiro atoms. The number of carbonyl (C=O) groups excluding carboxylic acids is 1. The Morgan fingerprint density at radius 2 is 2.00 bits per heavy atom. The number of hydrogen-bond donors (Lipinski definition) is 0. The summed E-state index contributed by atoms with van der Waals surface area (Å²) in [7, 11) is 0. The van der Waals surface area contributed by atoms with E-state index in [9.17, 15) is 14.0 Å². The van der Waals surface area contributed by atoms with Gasteiger partial charge in [-0.1, -0.05) is 0 Å². The van der Waals surface area contributed by atoms with Crippen LogP contribution in [0.25, 0.3) is 10.9 Å². The predicted octanol–water partition coefficient (Wildman–Crippen LogP) is 2.76.